The fraction of sp³-hybridized carbons (Fsp3) is 0.714. The molecule has 0 aliphatic carbocycles. The van der Waals surface area contributed by atoms with Gasteiger partial charge in [0.05, 0.1) is 13.2 Å². The number of aliphatic hydroxyl groups excluding tert-OH is 5. The van der Waals surface area contributed by atoms with Crippen LogP contribution in [-0.4, -0.2) is 168 Å². The molecule has 296 valence electrons. The van der Waals surface area contributed by atoms with Crippen LogP contribution in [0.1, 0.15) is 55.4 Å². The average molecular weight is 751 g/mol. The Morgan fingerprint density at radius 2 is 0.961 bits per heavy atom. The number of esters is 4. The molecule has 2 aliphatic heterocycles. The summed E-state index contributed by atoms with van der Waals surface area (Å²) in [7, 11) is 0. The van der Waals surface area contributed by atoms with E-state index in [9.17, 15) is 44.7 Å². The molecule has 9 N–H and O–H groups in total. The van der Waals surface area contributed by atoms with Crippen LogP contribution in [0.25, 0.3) is 0 Å². The maximum atomic E-state index is 12.2. The molecule has 0 amide bonds. The molecule has 0 aromatic carbocycles. The number of carbonyl (C=O) groups is 8. The van der Waals surface area contributed by atoms with Crippen LogP contribution in [0.4, 0.5) is 0 Å². The monoisotopic (exact) mass is 750 g/mol. The molecule has 0 aromatic rings. The molecule has 0 bridgehead atoms. The van der Waals surface area contributed by atoms with Crippen LogP contribution in [0, 0.1) is 0 Å². The van der Waals surface area contributed by atoms with Crippen LogP contribution in [-0.2, 0) is 66.8 Å². The van der Waals surface area contributed by atoms with Gasteiger partial charge in [0.2, 0.25) is 0 Å². The number of hydrogen-bond donors (Lipinski definition) is 9. The standard InChI is InChI=1S/C20H30O15.4C2H4O2/c1-8(23)30-6-13-15(31-9(2)24)16(32-10(3)25)18(29)20(35-13,33-11(4)26)19(7-22)17(28)14(27)12(5-21)34-19;4*1-2(3)4/h12-18,21-22,27-29H,5-7H2,1-4H3;4*1H3,(H,3,4)/t12-,13-,14-,15-,16+,17+,18-,19-,20-;;;;/m1..../s1. The van der Waals surface area contributed by atoms with Gasteiger partial charge >= 0.3 is 23.9 Å². The summed E-state index contributed by atoms with van der Waals surface area (Å²) in [6.07, 6.45) is -13.0. The Hall–Kier alpha value is -4.52. The van der Waals surface area contributed by atoms with Crippen molar-refractivity contribution < 1.29 is 113 Å². The molecule has 2 saturated heterocycles. The highest BCUT2D eigenvalue weighted by molar-refractivity contribution is 5.69. The Balaban J connectivity index is -0.00000120. The molecule has 9 atom stereocenters. The van der Waals surface area contributed by atoms with Gasteiger partial charge in [-0.1, -0.05) is 0 Å². The summed E-state index contributed by atoms with van der Waals surface area (Å²) in [6.45, 7) is 5.37. The smallest absolute Gasteiger partial charge is 0.305 e. The molecule has 2 heterocycles. The Bertz CT molecular complexity index is 1120. The largest absolute Gasteiger partial charge is 0.481 e. The maximum absolute atomic E-state index is 12.2. The summed E-state index contributed by atoms with van der Waals surface area (Å²) in [5.74, 6) is -10.1. The molecule has 2 fully saturated rings. The first-order valence-corrected chi connectivity index (χ1v) is 14.3. The highest BCUT2D eigenvalue weighted by Gasteiger charge is 2.75. The first kappa shape index (κ1) is 50.9. The minimum absolute atomic E-state index is 0.704. The normalized spacial score (nSPS) is 28.7. The minimum Gasteiger partial charge on any atom is -0.481 e. The van der Waals surface area contributed by atoms with E-state index >= 15 is 0 Å². The Labute approximate surface area is 290 Å². The number of carbonyl (C=O) groups excluding carboxylic acids is 4. The van der Waals surface area contributed by atoms with E-state index in [0.29, 0.717) is 0 Å². The van der Waals surface area contributed by atoms with Gasteiger partial charge in [-0.15, -0.1) is 0 Å². The van der Waals surface area contributed by atoms with E-state index in [1.54, 1.807) is 0 Å². The van der Waals surface area contributed by atoms with Crippen molar-refractivity contribution in [2.75, 3.05) is 19.8 Å². The number of hydrogen-bond acceptors (Lipinski definition) is 19. The van der Waals surface area contributed by atoms with Gasteiger partial charge in [-0.2, -0.15) is 0 Å². The van der Waals surface area contributed by atoms with Gasteiger partial charge in [0.15, 0.2) is 23.9 Å². The summed E-state index contributed by atoms with van der Waals surface area (Å²) in [5, 5.41) is 82.1. The number of aliphatic hydroxyl groups is 5. The lowest BCUT2D eigenvalue weighted by Gasteiger charge is -2.55. The van der Waals surface area contributed by atoms with Gasteiger partial charge in [-0.05, 0) is 0 Å². The molecule has 0 spiro atoms. The van der Waals surface area contributed by atoms with E-state index in [4.69, 9.17) is 68.0 Å². The van der Waals surface area contributed by atoms with E-state index in [0.717, 1.165) is 55.4 Å². The van der Waals surface area contributed by atoms with E-state index in [2.05, 4.69) is 0 Å². The number of aliphatic carboxylic acids is 4. The highest BCUT2D eigenvalue weighted by Crippen LogP contribution is 2.49. The van der Waals surface area contributed by atoms with Gasteiger partial charge in [0, 0.05) is 55.4 Å². The van der Waals surface area contributed by atoms with Crippen molar-refractivity contribution in [1.29, 1.82) is 0 Å². The molecular weight excluding hydrogens is 704 g/mol. The van der Waals surface area contributed by atoms with Crippen LogP contribution in [0.5, 0.6) is 0 Å². The van der Waals surface area contributed by atoms with Crippen molar-refractivity contribution in [2.45, 2.75) is 110 Å². The van der Waals surface area contributed by atoms with Crippen molar-refractivity contribution in [3.05, 3.63) is 0 Å². The van der Waals surface area contributed by atoms with Crippen molar-refractivity contribution in [2.24, 2.45) is 0 Å². The molecule has 2 aliphatic rings. The molecule has 23 heteroatoms. The fourth-order valence-electron chi connectivity index (χ4n) is 4.25. The first-order chi connectivity index (χ1) is 23.2. The summed E-state index contributed by atoms with van der Waals surface area (Å²) in [5.41, 5.74) is -2.67. The Morgan fingerprint density at radius 3 is 1.25 bits per heavy atom. The summed E-state index contributed by atoms with van der Waals surface area (Å²) < 4.78 is 31.8. The minimum atomic E-state index is -2.94. The van der Waals surface area contributed by atoms with Gasteiger partial charge in [-0.3, -0.25) is 38.4 Å². The summed E-state index contributed by atoms with van der Waals surface area (Å²) >= 11 is 0. The summed E-state index contributed by atoms with van der Waals surface area (Å²) in [4.78, 5) is 83.3. The second-order valence-electron chi connectivity index (χ2n) is 10.2. The SMILES string of the molecule is CC(=O)O.CC(=O)O.CC(=O)O.CC(=O)O.CC(=O)OC[C@H]1O[C@@](OC(C)=O)([C@]2(CO)O[C@H](CO)[C@@H](O)[C@@H]2O)[C@H](O)[C@@H](OC(C)=O)[C@@H]1OC(C)=O. The highest BCUT2D eigenvalue weighted by atomic mass is 16.8. The lowest BCUT2D eigenvalue weighted by Crippen LogP contribution is -2.79. The van der Waals surface area contributed by atoms with Crippen LogP contribution in [0.15, 0.2) is 0 Å². The molecule has 0 aromatic heterocycles. The molecule has 0 radical (unpaired) electrons. The van der Waals surface area contributed by atoms with Gasteiger partial charge in [-0.25, -0.2) is 0 Å². The van der Waals surface area contributed by atoms with E-state index < -0.39 is 122 Å². The predicted molar refractivity (Wildman–Crippen MR) is 160 cm³/mol. The average Bonchev–Trinajstić information content (AvgIpc) is 3.19. The zero-order chi connectivity index (χ0) is 41.0. The van der Waals surface area contributed by atoms with Crippen molar-refractivity contribution >= 4 is 47.8 Å². The van der Waals surface area contributed by atoms with Crippen molar-refractivity contribution in [3.8, 4) is 0 Å². The van der Waals surface area contributed by atoms with Crippen LogP contribution < -0.4 is 0 Å². The second-order valence-corrected chi connectivity index (χ2v) is 10.2. The topological polar surface area (TPSA) is 374 Å². The van der Waals surface area contributed by atoms with E-state index in [1.165, 1.54) is 0 Å². The summed E-state index contributed by atoms with van der Waals surface area (Å²) in [6, 6.07) is 0. The van der Waals surface area contributed by atoms with Gasteiger partial charge in [0.25, 0.3) is 29.7 Å². The third-order valence-corrected chi connectivity index (χ3v) is 5.62. The van der Waals surface area contributed by atoms with Crippen LogP contribution >= 0.6 is 0 Å². The third-order valence-electron chi connectivity index (χ3n) is 5.62. The van der Waals surface area contributed by atoms with Crippen molar-refractivity contribution in [1.82, 2.24) is 0 Å². The third kappa shape index (κ3) is 17.8. The Kier molecular flexibility index (Phi) is 23.7. The number of carboxylic acids is 4. The zero-order valence-electron chi connectivity index (χ0n) is 28.9. The number of carboxylic acid groups (broad SMARTS) is 4. The quantitative estimate of drug-likeness (QED) is 0.0863. The Morgan fingerprint density at radius 1 is 0.569 bits per heavy atom. The molecule has 0 unspecified atom stereocenters. The van der Waals surface area contributed by atoms with E-state index in [1.807, 2.05) is 0 Å². The number of ether oxygens (including phenoxy) is 6. The molecular formula is C28H46O23. The molecule has 51 heavy (non-hydrogen) atoms. The van der Waals surface area contributed by atoms with Crippen molar-refractivity contribution in [3.63, 3.8) is 0 Å². The fourth-order valence-corrected chi connectivity index (χ4v) is 4.25. The van der Waals surface area contributed by atoms with E-state index in [-0.39, 0.29) is 0 Å². The lowest BCUT2D eigenvalue weighted by molar-refractivity contribution is -0.414. The van der Waals surface area contributed by atoms with Gasteiger partial charge < -0.3 is 74.4 Å². The van der Waals surface area contributed by atoms with Gasteiger partial charge in [0.1, 0.15) is 31.0 Å². The first-order valence-electron chi connectivity index (χ1n) is 14.3. The molecule has 0 saturated carbocycles. The zero-order valence-corrected chi connectivity index (χ0v) is 28.9. The van der Waals surface area contributed by atoms with Crippen LogP contribution in [0.2, 0.25) is 0 Å². The predicted octanol–water partition coefficient (Wildman–Crippen LogP) is -3.36. The maximum Gasteiger partial charge on any atom is 0.305 e. The lowest BCUT2D eigenvalue weighted by atomic mass is 9.77. The second kappa shape index (κ2) is 23.8. The number of rotatable bonds is 8. The molecule has 2 rings (SSSR count). The van der Waals surface area contributed by atoms with Crippen LogP contribution in [0.3, 0.4) is 0 Å². The molecule has 23 nitrogen and oxygen atoms in total.